The molecule has 2 aliphatic heterocycles. The molecule has 2 fully saturated rings. The van der Waals surface area contributed by atoms with Gasteiger partial charge in [0, 0.05) is 32.1 Å². The highest BCUT2D eigenvalue weighted by molar-refractivity contribution is 7.08. The van der Waals surface area contributed by atoms with Gasteiger partial charge in [0.1, 0.15) is 0 Å². The average Bonchev–Trinajstić information content (AvgIpc) is 3.25. The van der Waals surface area contributed by atoms with Gasteiger partial charge in [0.25, 0.3) is 0 Å². The highest BCUT2D eigenvalue weighted by Gasteiger charge is 2.52. The maximum Gasteiger partial charge on any atom is 0.230 e. The Balaban J connectivity index is 1.49. The van der Waals surface area contributed by atoms with Gasteiger partial charge in [0.2, 0.25) is 17.7 Å². The summed E-state index contributed by atoms with van der Waals surface area (Å²) in [5, 5.41) is 10.0. The van der Waals surface area contributed by atoms with Crippen molar-refractivity contribution in [2.45, 2.75) is 38.3 Å². The van der Waals surface area contributed by atoms with E-state index >= 15 is 0 Å². The molecule has 0 saturated carbocycles. The van der Waals surface area contributed by atoms with Crippen LogP contribution in [0.5, 0.6) is 0 Å². The van der Waals surface area contributed by atoms with Gasteiger partial charge < -0.3 is 15.5 Å². The number of likely N-dealkylation sites (tertiary alicyclic amines) is 1. The summed E-state index contributed by atoms with van der Waals surface area (Å²) in [6, 6.07) is 11.5. The van der Waals surface area contributed by atoms with Crippen molar-refractivity contribution >= 4 is 29.1 Å². The van der Waals surface area contributed by atoms with Crippen LogP contribution in [-0.4, -0.2) is 41.8 Å². The number of carbonyl (C=O) groups is 3. The van der Waals surface area contributed by atoms with E-state index in [2.05, 4.69) is 10.6 Å². The molecule has 0 spiro atoms. The van der Waals surface area contributed by atoms with Crippen LogP contribution >= 0.6 is 11.3 Å². The zero-order valence-corrected chi connectivity index (χ0v) is 17.0. The van der Waals surface area contributed by atoms with Crippen molar-refractivity contribution in [3.05, 3.63) is 58.3 Å². The Morgan fingerprint density at radius 1 is 1.21 bits per heavy atom. The third-order valence-corrected chi connectivity index (χ3v) is 6.73. The van der Waals surface area contributed by atoms with Gasteiger partial charge in [-0.05, 0) is 40.8 Å². The van der Waals surface area contributed by atoms with Crippen molar-refractivity contribution in [1.82, 2.24) is 15.5 Å². The van der Waals surface area contributed by atoms with Crippen LogP contribution < -0.4 is 10.6 Å². The SMILES string of the molecule is O=C1CC[C@]2(C(=O)NCc3ccccc3)CN(C(=O)Cc3ccsc3)CC[C@H]2N1. The first-order chi connectivity index (χ1) is 14.1. The minimum Gasteiger partial charge on any atom is -0.352 e. The molecule has 1 aromatic carbocycles. The molecule has 0 bridgehead atoms. The molecule has 4 rings (SSSR count). The Bertz CT molecular complexity index is 884. The largest absolute Gasteiger partial charge is 0.352 e. The maximum absolute atomic E-state index is 13.3. The average molecular weight is 412 g/mol. The summed E-state index contributed by atoms with van der Waals surface area (Å²) >= 11 is 1.57. The summed E-state index contributed by atoms with van der Waals surface area (Å²) in [4.78, 5) is 39.9. The molecular weight excluding hydrogens is 386 g/mol. The smallest absolute Gasteiger partial charge is 0.230 e. The number of hydrogen-bond donors (Lipinski definition) is 2. The predicted octanol–water partition coefficient (Wildman–Crippen LogP) is 2.10. The Kier molecular flexibility index (Phi) is 5.67. The highest BCUT2D eigenvalue weighted by Crippen LogP contribution is 2.38. The molecule has 0 unspecified atom stereocenters. The van der Waals surface area contributed by atoms with E-state index in [4.69, 9.17) is 0 Å². The fourth-order valence-electron chi connectivity index (χ4n) is 4.35. The highest BCUT2D eigenvalue weighted by atomic mass is 32.1. The second kappa shape index (κ2) is 8.37. The van der Waals surface area contributed by atoms with E-state index in [0.717, 1.165) is 11.1 Å². The van der Waals surface area contributed by atoms with Crippen LogP contribution in [0.25, 0.3) is 0 Å². The van der Waals surface area contributed by atoms with Crippen LogP contribution in [0.2, 0.25) is 0 Å². The van der Waals surface area contributed by atoms with Crippen molar-refractivity contribution in [3.8, 4) is 0 Å². The zero-order chi connectivity index (χ0) is 20.3. The van der Waals surface area contributed by atoms with Gasteiger partial charge in [0.15, 0.2) is 0 Å². The number of benzene rings is 1. The summed E-state index contributed by atoms with van der Waals surface area (Å²) in [5.41, 5.74) is 1.25. The van der Waals surface area contributed by atoms with Gasteiger partial charge in [-0.15, -0.1) is 0 Å². The molecule has 3 amide bonds. The van der Waals surface area contributed by atoms with Gasteiger partial charge in [-0.25, -0.2) is 0 Å². The van der Waals surface area contributed by atoms with Gasteiger partial charge >= 0.3 is 0 Å². The molecule has 0 radical (unpaired) electrons. The lowest BCUT2D eigenvalue weighted by Crippen LogP contribution is -2.66. The van der Waals surface area contributed by atoms with Crippen LogP contribution in [0.15, 0.2) is 47.2 Å². The standard InChI is InChI=1S/C22H25N3O3S/c26-19-6-9-22(21(28)23-13-16-4-2-1-3-5-16)15-25(10-7-18(22)24-19)20(27)12-17-8-11-29-14-17/h1-5,8,11,14,18H,6-7,9-10,12-13,15H2,(H,23,28)(H,24,26)/t18-,22+/m1/s1. The predicted molar refractivity (Wildman–Crippen MR) is 111 cm³/mol. The Hall–Kier alpha value is -2.67. The lowest BCUT2D eigenvalue weighted by atomic mass is 9.69. The first-order valence-corrected chi connectivity index (χ1v) is 10.9. The Morgan fingerprint density at radius 2 is 2.03 bits per heavy atom. The first kappa shape index (κ1) is 19.6. The number of nitrogens with zero attached hydrogens (tertiary/aromatic N) is 1. The molecule has 2 atom stereocenters. The van der Waals surface area contributed by atoms with E-state index in [0.29, 0.717) is 45.3 Å². The van der Waals surface area contributed by atoms with E-state index < -0.39 is 5.41 Å². The minimum absolute atomic E-state index is 0.0143. The number of carbonyl (C=O) groups excluding carboxylic acids is 3. The van der Waals surface area contributed by atoms with Crippen molar-refractivity contribution in [1.29, 1.82) is 0 Å². The quantitative estimate of drug-likeness (QED) is 0.791. The molecule has 29 heavy (non-hydrogen) atoms. The van der Waals surface area contributed by atoms with Crippen LogP contribution in [0.1, 0.15) is 30.4 Å². The fraction of sp³-hybridized carbons (Fsp3) is 0.409. The molecule has 3 heterocycles. The minimum atomic E-state index is -0.773. The van der Waals surface area contributed by atoms with E-state index in [1.165, 1.54) is 0 Å². The molecule has 2 saturated heterocycles. The number of nitrogens with one attached hydrogen (secondary N) is 2. The van der Waals surface area contributed by atoms with Crippen molar-refractivity contribution in [2.24, 2.45) is 5.41 Å². The van der Waals surface area contributed by atoms with Crippen molar-refractivity contribution < 1.29 is 14.4 Å². The second-order valence-electron chi connectivity index (χ2n) is 7.86. The van der Waals surface area contributed by atoms with E-state index in [1.54, 1.807) is 16.2 Å². The molecule has 7 heteroatoms. The summed E-state index contributed by atoms with van der Waals surface area (Å²) < 4.78 is 0. The van der Waals surface area contributed by atoms with Crippen LogP contribution in [0.4, 0.5) is 0 Å². The maximum atomic E-state index is 13.3. The second-order valence-corrected chi connectivity index (χ2v) is 8.64. The Morgan fingerprint density at radius 3 is 2.79 bits per heavy atom. The molecule has 2 aliphatic rings. The lowest BCUT2D eigenvalue weighted by Gasteiger charge is -2.49. The monoisotopic (exact) mass is 411 g/mol. The van der Waals surface area contributed by atoms with Crippen LogP contribution in [-0.2, 0) is 27.3 Å². The first-order valence-electron chi connectivity index (χ1n) is 9.97. The van der Waals surface area contributed by atoms with E-state index in [9.17, 15) is 14.4 Å². The topological polar surface area (TPSA) is 78.5 Å². The number of fused-ring (bicyclic) bond motifs is 1. The summed E-state index contributed by atoms with van der Waals surface area (Å²) in [6.07, 6.45) is 1.72. The molecule has 2 N–H and O–H groups in total. The normalized spacial score (nSPS) is 23.8. The van der Waals surface area contributed by atoms with Crippen molar-refractivity contribution in [3.63, 3.8) is 0 Å². The summed E-state index contributed by atoms with van der Waals surface area (Å²) in [5.74, 6) is -0.0621. The van der Waals surface area contributed by atoms with E-state index in [-0.39, 0.29) is 23.8 Å². The fourth-order valence-corrected chi connectivity index (χ4v) is 5.02. The van der Waals surface area contributed by atoms with Gasteiger partial charge in [-0.3, -0.25) is 14.4 Å². The van der Waals surface area contributed by atoms with Gasteiger partial charge in [0.05, 0.1) is 11.8 Å². The molecule has 2 aromatic rings. The molecule has 152 valence electrons. The molecular formula is C22H25N3O3S. The molecule has 1 aromatic heterocycles. The lowest BCUT2D eigenvalue weighted by molar-refractivity contribution is -0.148. The van der Waals surface area contributed by atoms with Gasteiger partial charge in [-0.1, -0.05) is 30.3 Å². The van der Waals surface area contributed by atoms with Crippen molar-refractivity contribution in [2.75, 3.05) is 13.1 Å². The molecule has 6 nitrogen and oxygen atoms in total. The number of piperidine rings is 2. The summed E-state index contributed by atoms with van der Waals surface area (Å²) in [7, 11) is 0. The number of thiophene rings is 1. The van der Waals surface area contributed by atoms with Gasteiger partial charge in [-0.2, -0.15) is 11.3 Å². The third-order valence-electron chi connectivity index (χ3n) is 6.00. The van der Waals surface area contributed by atoms with Crippen LogP contribution in [0.3, 0.4) is 0 Å². The Labute approximate surface area is 174 Å². The third kappa shape index (κ3) is 4.19. The van der Waals surface area contributed by atoms with Crippen LogP contribution in [0, 0.1) is 5.41 Å². The molecule has 0 aliphatic carbocycles. The zero-order valence-electron chi connectivity index (χ0n) is 16.2. The summed E-state index contributed by atoms with van der Waals surface area (Å²) in [6.45, 7) is 1.34. The number of hydrogen-bond acceptors (Lipinski definition) is 4. The number of amides is 3. The van der Waals surface area contributed by atoms with E-state index in [1.807, 2.05) is 47.2 Å². The number of rotatable bonds is 5.